The molecule has 2 amide bonds. The molecule has 0 spiro atoms. The Morgan fingerprint density at radius 1 is 1.33 bits per heavy atom. The van der Waals surface area contributed by atoms with E-state index < -0.39 is 11.8 Å². The molecule has 0 unspecified atom stereocenters. The molecular formula is C11H9ClN2O4. The molecule has 0 bridgehead atoms. The van der Waals surface area contributed by atoms with E-state index in [1.807, 2.05) is 0 Å². The average molecular weight is 269 g/mol. The molecule has 2 rings (SSSR count). The maximum absolute atomic E-state index is 11.5. The van der Waals surface area contributed by atoms with Gasteiger partial charge in [-0.25, -0.2) is 0 Å². The van der Waals surface area contributed by atoms with Crippen molar-refractivity contribution < 1.29 is 19.2 Å². The van der Waals surface area contributed by atoms with E-state index >= 15 is 0 Å². The first kappa shape index (κ1) is 12.4. The molecule has 94 valence electrons. The summed E-state index contributed by atoms with van der Waals surface area (Å²) in [5.74, 6) is -0.0653. The topological polar surface area (TPSA) is 68.2 Å². The molecule has 1 aromatic carbocycles. The van der Waals surface area contributed by atoms with Gasteiger partial charge < -0.3 is 9.57 Å². The van der Waals surface area contributed by atoms with E-state index in [2.05, 4.69) is 4.99 Å². The first-order chi connectivity index (χ1) is 8.69. The smallest absolute Gasteiger partial charge is 0.270 e. The number of hydrogen-bond acceptors (Lipinski definition) is 4. The Balaban J connectivity index is 2.09. The highest BCUT2D eigenvalue weighted by Gasteiger charge is 2.22. The summed E-state index contributed by atoms with van der Waals surface area (Å²) in [6.07, 6.45) is 0.748. The van der Waals surface area contributed by atoms with Crippen LogP contribution in [0.25, 0.3) is 0 Å². The molecule has 0 saturated carbocycles. The summed E-state index contributed by atoms with van der Waals surface area (Å²) >= 11 is 5.43. The van der Waals surface area contributed by atoms with Crippen molar-refractivity contribution in [2.45, 2.75) is 6.42 Å². The summed E-state index contributed by atoms with van der Waals surface area (Å²) in [6.45, 7) is 0. The van der Waals surface area contributed by atoms with Crippen molar-refractivity contribution in [3.63, 3.8) is 0 Å². The van der Waals surface area contributed by atoms with Gasteiger partial charge in [-0.2, -0.15) is 4.99 Å². The zero-order chi connectivity index (χ0) is 13.0. The number of benzene rings is 1. The van der Waals surface area contributed by atoms with Crippen molar-refractivity contribution in [3.8, 4) is 11.5 Å². The van der Waals surface area contributed by atoms with Crippen LogP contribution in [-0.2, 0) is 9.59 Å². The van der Waals surface area contributed by atoms with Gasteiger partial charge in [0, 0.05) is 6.07 Å². The van der Waals surface area contributed by atoms with Crippen LogP contribution in [0.3, 0.4) is 0 Å². The van der Waals surface area contributed by atoms with E-state index in [-0.39, 0.29) is 12.5 Å². The summed E-state index contributed by atoms with van der Waals surface area (Å²) in [7, 11) is 0. The number of carbonyl (C=O) groups excluding carboxylic acids is 2. The molecule has 0 saturated heterocycles. The molecule has 0 radical (unpaired) electrons. The minimum absolute atomic E-state index is 0.0159. The molecule has 0 N–H and O–H groups in total. The van der Waals surface area contributed by atoms with Crippen LogP contribution < -0.4 is 9.57 Å². The lowest BCUT2D eigenvalue weighted by atomic mass is 10.3. The van der Waals surface area contributed by atoms with Crippen molar-refractivity contribution in [2.24, 2.45) is 4.99 Å². The van der Waals surface area contributed by atoms with Gasteiger partial charge in [-0.15, -0.1) is 5.06 Å². The number of rotatable bonds is 4. The van der Waals surface area contributed by atoms with Gasteiger partial charge in [0.05, 0.1) is 0 Å². The SMILES string of the molecule is O=C1CC(=O)N(Oc2cccc(OCCl)c2)C=N1. The van der Waals surface area contributed by atoms with Crippen LogP contribution in [0.2, 0.25) is 0 Å². The second kappa shape index (κ2) is 5.50. The van der Waals surface area contributed by atoms with Crippen molar-refractivity contribution in [1.29, 1.82) is 0 Å². The predicted molar refractivity (Wildman–Crippen MR) is 63.4 cm³/mol. The fourth-order valence-corrected chi connectivity index (χ4v) is 1.43. The first-order valence-corrected chi connectivity index (χ1v) is 5.58. The van der Waals surface area contributed by atoms with E-state index in [1.54, 1.807) is 24.3 Å². The van der Waals surface area contributed by atoms with Crippen LogP contribution in [-0.4, -0.2) is 29.3 Å². The van der Waals surface area contributed by atoms with Gasteiger partial charge in [-0.3, -0.25) is 9.59 Å². The largest absolute Gasteiger partial charge is 0.478 e. The quantitative estimate of drug-likeness (QED) is 0.610. The van der Waals surface area contributed by atoms with E-state index in [9.17, 15) is 9.59 Å². The highest BCUT2D eigenvalue weighted by Crippen LogP contribution is 2.20. The Morgan fingerprint density at radius 3 is 2.83 bits per heavy atom. The molecule has 1 aliphatic heterocycles. The molecule has 18 heavy (non-hydrogen) atoms. The van der Waals surface area contributed by atoms with Crippen LogP contribution in [0.1, 0.15) is 6.42 Å². The third kappa shape index (κ3) is 2.98. The number of alkyl halides is 1. The number of hydrogen-bond donors (Lipinski definition) is 0. The molecule has 1 aliphatic rings. The Hall–Kier alpha value is -2.08. The Labute approximate surface area is 108 Å². The lowest BCUT2D eigenvalue weighted by Crippen LogP contribution is -2.37. The van der Waals surface area contributed by atoms with Crippen LogP contribution in [0.5, 0.6) is 11.5 Å². The molecule has 0 atom stereocenters. The Bertz CT molecular complexity index is 504. The van der Waals surface area contributed by atoms with Crippen molar-refractivity contribution in [1.82, 2.24) is 5.06 Å². The Kier molecular flexibility index (Phi) is 3.78. The van der Waals surface area contributed by atoms with Crippen molar-refractivity contribution in [3.05, 3.63) is 24.3 Å². The lowest BCUT2D eigenvalue weighted by molar-refractivity contribution is -0.147. The van der Waals surface area contributed by atoms with Crippen LogP contribution >= 0.6 is 11.6 Å². The maximum Gasteiger partial charge on any atom is 0.270 e. The van der Waals surface area contributed by atoms with Gasteiger partial charge >= 0.3 is 0 Å². The molecule has 0 fully saturated rings. The van der Waals surface area contributed by atoms with Gasteiger partial charge in [-0.1, -0.05) is 17.7 Å². The fraction of sp³-hybridized carbons (Fsp3) is 0.182. The van der Waals surface area contributed by atoms with Crippen molar-refractivity contribution >= 4 is 29.8 Å². The van der Waals surface area contributed by atoms with Crippen molar-refractivity contribution in [2.75, 3.05) is 6.07 Å². The van der Waals surface area contributed by atoms with Crippen LogP contribution in [0, 0.1) is 0 Å². The van der Waals surface area contributed by atoms with Crippen LogP contribution in [0.15, 0.2) is 29.3 Å². The number of hydroxylamine groups is 2. The monoisotopic (exact) mass is 268 g/mol. The van der Waals surface area contributed by atoms with E-state index in [0.717, 1.165) is 11.4 Å². The molecule has 6 nitrogen and oxygen atoms in total. The standard InChI is InChI=1S/C11H9ClN2O4/c12-6-17-8-2-1-3-9(4-8)18-14-7-13-10(15)5-11(14)16/h1-4,7H,5-6H2. The third-order valence-electron chi connectivity index (χ3n) is 2.09. The molecule has 0 aromatic heterocycles. The van der Waals surface area contributed by atoms with Gasteiger partial charge in [-0.05, 0) is 12.1 Å². The zero-order valence-electron chi connectivity index (χ0n) is 9.21. The lowest BCUT2D eigenvalue weighted by Gasteiger charge is -2.19. The predicted octanol–water partition coefficient (Wildman–Crippen LogP) is 1.34. The summed E-state index contributed by atoms with van der Waals surface area (Å²) in [4.78, 5) is 31.1. The van der Waals surface area contributed by atoms with E-state index in [4.69, 9.17) is 21.2 Å². The summed E-state index contributed by atoms with van der Waals surface area (Å²) in [6, 6.07) is 6.61. The van der Waals surface area contributed by atoms with E-state index in [1.165, 1.54) is 0 Å². The highest BCUT2D eigenvalue weighted by molar-refractivity contribution is 6.17. The van der Waals surface area contributed by atoms with Gasteiger partial charge in [0.25, 0.3) is 11.8 Å². The minimum Gasteiger partial charge on any atom is -0.478 e. The van der Waals surface area contributed by atoms with Crippen LogP contribution in [0.4, 0.5) is 0 Å². The maximum atomic E-state index is 11.5. The number of nitrogens with zero attached hydrogens (tertiary/aromatic N) is 2. The fourth-order valence-electron chi connectivity index (χ4n) is 1.31. The first-order valence-electron chi connectivity index (χ1n) is 5.05. The molecule has 7 heteroatoms. The summed E-state index contributed by atoms with van der Waals surface area (Å²) < 4.78 is 5.07. The van der Waals surface area contributed by atoms with E-state index in [0.29, 0.717) is 11.5 Å². The summed E-state index contributed by atoms with van der Waals surface area (Å²) in [5, 5.41) is 0.904. The number of carbonyl (C=O) groups is 2. The normalized spacial score (nSPS) is 14.8. The van der Waals surface area contributed by atoms with Gasteiger partial charge in [0.2, 0.25) is 0 Å². The average Bonchev–Trinajstić information content (AvgIpc) is 2.34. The zero-order valence-corrected chi connectivity index (χ0v) is 9.96. The summed E-state index contributed by atoms with van der Waals surface area (Å²) in [5.41, 5.74) is 0. The molecule has 1 aromatic rings. The molecular weight excluding hydrogens is 260 g/mol. The second-order valence-electron chi connectivity index (χ2n) is 3.35. The molecule has 0 aliphatic carbocycles. The Morgan fingerprint density at radius 2 is 2.11 bits per heavy atom. The minimum atomic E-state index is -0.487. The third-order valence-corrected chi connectivity index (χ3v) is 2.19. The number of halogens is 1. The molecule has 1 heterocycles. The number of aliphatic imine (C=N–C) groups is 1. The number of amides is 2. The highest BCUT2D eigenvalue weighted by atomic mass is 35.5. The number of ether oxygens (including phenoxy) is 1. The van der Waals surface area contributed by atoms with Gasteiger partial charge in [0.1, 0.15) is 18.5 Å². The second-order valence-corrected chi connectivity index (χ2v) is 3.57. The van der Waals surface area contributed by atoms with Gasteiger partial charge in [0.15, 0.2) is 11.8 Å².